The topological polar surface area (TPSA) is 74.2 Å². The molecule has 2 aromatic rings. The first kappa shape index (κ1) is 17.4. The molecule has 3 rings (SSSR count). The maximum Gasteiger partial charge on any atom is 0.315 e. The lowest BCUT2D eigenvalue weighted by molar-refractivity contribution is 0.171. The number of nitrogens with zero attached hydrogens (tertiary/aromatic N) is 1. The molecular weight excluding hydrogens is 314 g/mol. The Hall–Kier alpha value is -2.40. The molecule has 0 bridgehead atoms. The summed E-state index contributed by atoms with van der Waals surface area (Å²) in [6.07, 6.45) is 7.21. The Bertz CT molecular complexity index is 657. The van der Waals surface area contributed by atoms with Crippen LogP contribution in [0.2, 0.25) is 0 Å². The van der Waals surface area contributed by atoms with Crippen LogP contribution in [0.3, 0.4) is 0 Å². The molecule has 5 nitrogen and oxygen atoms in total. The average Bonchev–Trinajstić information content (AvgIpc) is 3.20. The minimum atomic E-state index is -0.763. The van der Waals surface area contributed by atoms with Crippen LogP contribution in [-0.4, -0.2) is 22.7 Å². The van der Waals surface area contributed by atoms with E-state index in [0.717, 1.165) is 18.4 Å². The van der Waals surface area contributed by atoms with Crippen LogP contribution in [0.15, 0.2) is 54.9 Å². The van der Waals surface area contributed by atoms with Crippen molar-refractivity contribution in [3.8, 4) is 0 Å². The van der Waals surface area contributed by atoms with Gasteiger partial charge in [0.05, 0.1) is 12.1 Å². The molecule has 1 heterocycles. The number of pyridine rings is 1. The SMILES string of the molecule is O=C(NC[C@H](O)c1cccnc1)N[C@@H](c1ccccc1)C1CCCC1. The van der Waals surface area contributed by atoms with Crippen LogP contribution in [0.1, 0.15) is 49.0 Å². The molecule has 1 aliphatic carbocycles. The summed E-state index contributed by atoms with van der Waals surface area (Å²) in [5, 5.41) is 16.0. The van der Waals surface area contributed by atoms with Gasteiger partial charge in [-0.05, 0) is 30.4 Å². The number of carbonyl (C=O) groups is 1. The summed E-state index contributed by atoms with van der Waals surface area (Å²) in [4.78, 5) is 16.4. The number of hydrogen-bond donors (Lipinski definition) is 3. The Morgan fingerprint density at radius 2 is 1.84 bits per heavy atom. The summed E-state index contributed by atoms with van der Waals surface area (Å²) in [5.74, 6) is 0.469. The summed E-state index contributed by atoms with van der Waals surface area (Å²) in [6, 6.07) is 13.4. The van der Waals surface area contributed by atoms with Crippen LogP contribution < -0.4 is 10.6 Å². The van der Waals surface area contributed by atoms with Gasteiger partial charge in [0.25, 0.3) is 0 Å². The predicted octanol–water partition coefficient (Wildman–Crippen LogP) is 3.35. The van der Waals surface area contributed by atoms with Crippen LogP contribution >= 0.6 is 0 Å². The van der Waals surface area contributed by atoms with E-state index >= 15 is 0 Å². The Kier molecular flexibility index (Phi) is 6.01. The Morgan fingerprint density at radius 3 is 2.52 bits per heavy atom. The second-order valence-electron chi connectivity index (χ2n) is 6.59. The molecule has 25 heavy (non-hydrogen) atoms. The molecule has 1 aromatic heterocycles. The zero-order valence-electron chi connectivity index (χ0n) is 14.3. The third-order valence-electron chi connectivity index (χ3n) is 4.84. The number of carbonyl (C=O) groups excluding carboxylic acids is 1. The maximum atomic E-state index is 12.4. The van der Waals surface area contributed by atoms with Crippen LogP contribution in [0, 0.1) is 5.92 Å². The van der Waals surface area contributed by atoms with Crippen LogP contribution in [0.4, 0.5) is 4.79 Å². The van der Waals surface area contributed by atoms with Gasteiger partial charge >= 0.3 is 6.03 Å². The minimum absolute atomic E-state index is 0.0132. The molecule has 0 spiro atoms. The van der Waals surface area contributed by atoms with Crippen molar-refractivity contribution in [2.45, 2.75) is 37.8 Å². The van der Waals surface area contributed by atoms with E-state index in [1.165, 1.54) is 12.8 Å². The minimum Gasteiger partial charge on any atom is -0.387 e. The van der Waals surface area contributed by atoms with E-state index in [0.29, 0.717) is 11.5 Å². The van der Waals surface area contributed by atoms with Gasteiger partial charge in [0.2, 0.25) is 0 Å². The normalized spacial score (nSPS) is 17.0. The van der Waals surface area contributed by atoms with Crippen molar-refractivity contribution in [3.63, 3.8) is 0 Å². The van der Waals surface area contributed by atoms with Crippen LogP contribution in [0.25, 0.3) is 0 Å². The highest BCUT2D eigenvalue weighted by Crippen LogP contribution is 2.35. The number of rotatable bonds is 6. The maximum absolute atomic E-state index is 12.4. The Balaban J connectivity index is 1.58. The van der Waals surface area contributed by atoms with Gasteiger partial charge in [-0.3, -0.25) is 4.98 Å². The van der Waals surface area contributed by atoms with E-state index < -0.39 is 6.10 Å². The molecular formula is C20H25N3O2. The second-order valence-corrected chi connectivity index (χ2v) is 6.59. The number of hydrogen-bond acceptors (Lipinski definition) is 3. The molecule has 5 heteroatoms. The fourth-order valence-corrected chi connectivity index (χ4v) is 3.50. The van der Waals surface area contributed by atoms with E-state index in [1.807, 2.05) is 18.2 Å². The number of aliphatic hydroxyl groups is 1. The summed E-state index contributed by atoms with van der Waals surface area (Å²) >= 11 is 0. The molecule has 0 radical (unpaired) electrons. The summed E-state index contributed by atoms with van der Waals surface area (Å²) in [6.45, 7) is 0.156. The highest BCUT2D eigenvalue weighted by molar-refractivity contribution is 5.74. The van der Waals surface area contributed by atoms with Gasteiger partial charge in [-0.2, -0.15) is 0 Å². The standard InChI is InChI=1S/C20H25N3O2/c24-18(17-11-6-12-21-13-17)14-22-20(25)23-19(16-9-4-5-10-16)15-7-2-1-3-8-15/h1-3,6-8,11-13,16,18-19,24H,4-5,9-10,14H2,(H2,22,23,25)/t18-,19-/m0/s1. The molecule has 2 atom stereocenters. The molecule has 1 fully saturated rings. The number of benzene rings is 1. The van der Waals surface area contributed by atoms with Crippen molar-refractivity contribution in [1.29, 1.82) is 0 Å². The first-order chi connectivity index (χ1) is 12.2. The van der Waals surface area contributed by atoms with Crippen molar-refractivity contribution in [2.75, 3.05) is 6.54 Å². The van der Waals surface area contributed by atoms with Crippen molar-refractivity contribution in [1.82, 2.24) is 15.6 Å². The van der Waals surface area contributed by atoms with Gasteiger partial charge in [-0.25, -0.2) is 4.79 Å². The Labute approximate surface area is 148 Å². The van der Waals surface area contributed by atoms with E-state index in [1.54, 1.807) is 24.5 Å². The average molecular weight is 339 g/mol. The van der Waals surface area contributed by atoms with Gasteiger partial charge in [0.1, 0.15) is 0 Å². The quantitative estimate of drug-likeness (QED) is 0.755. The van der Waals surface area contributed by atoms with E-state index in [9.17, 15) is 9.90 Å². The van der Waals surface area contributed by atoms with Gasteiger partial charge in [-0.1, -0.05) is 49.2 Å². The summed E-state index contributed by atoms with van der Waals surface area (Å²) < 4.78 is 0. The van der Waals surface area contributed by atoms with Crippen LogP contribution in [-0.2, 0) is 0 Å². The Morgan fingerprint density at radius 1 is 1.12 bits per heavy atom. The zero-order chi connectivity index (χ0) is 17.5. The fraction of sp³-hybridized carbons (Fsp3) is 0.400. The summed E-state index contributed by atoms with van der Waals surface area (Å²) in [5.41, 5.74) is 1.83. The van der Waals surface area contributed by atoms with Crippen molar-refractivity contribution >= 4 is 6.03 Å². The highest BCUT2D eigenvalue weighted by Gasteiger charge is 2.27. The number of nitrogens with one attached hydrogen (secondary N) is 2. The second kappa shape index (κ2) is 8.62. The molecule has 0 aliphatic heterocycles. The molecule has 1 saturated carbocycles. The van der Waals surface area contributed by atoms with E-state index in [2.05, 4.69) is 27.8 Å². The van der Waals surface area contributed by atoms with Crippen LogP contribution in [0.5, 0.6) is 0 Å². The van der Waals surface area contributed by atoms with Crippen molar-refractivity contribution in [3.05, 3.63) is 66.0 Å². The monoisotopic (exact) mass is 339 g/mol. The predicted molar refractivity (Wildman–Crippen MR) is 96.9 cm³/mol. The van der Waals surface area contributed by atoms with Gasteiger partial charge in [-0.15, -0.1) is 0 Å². The summed E-state index contributed by atoms with van der Waals surface area (Å²) in [7, 11) is 0. The zero-order valence-corrected chi connectivity index (χ0v) is 14.3. The molecule has 0 unspecified atom stereocenters. The molecule has 2 amide bonds. The molecule has 0 saturated heterocycles. The first-order valence-corrected chi connectivity index (χ1v) is 8.91. The molecule has 1 aliphatic rings. The lowest BCUT2D eigenvalue weighted by atomic mass is 9.92. The smallest absolute Gasteiger partial charge is 0.315 e. The van der Waals surface area contributed by atoms with Gasteiger partial charge in [0, 0.05) is 24.5 Å². The van der Waals surface area contributed by atoms with Gasteiger partial charge in [0.15, 0.2) is 0 Å². The number of urea groups is 1. The third kappa shape index (κ3) is 4.79. The number of aromatic nitrogens is 1. The lowest BCUT2D eigenvalue weighted by Crippen LogP contribution is -2.41. The van der Waals surface area contributed by atoms with Gasteiger partial charge < -0.3 is 15.7 Å². The van der Waals surface area contributed by atoms with E-state index in [4.69, 9.17) is 0 Å². The largest absolute Gasteiger partial charge is 0.387 e. The molecule has 132 valence electrons. The third-order valence-corrected chi connectivity index (χ3v) is 4.84. The van der Waals surface area contributed by atoms with E-state index in [-0.39, 0.29) is 18.6 Å². The fourth-order valence-electron chi connectivity index (χ4n) is 3.50. The molecule has 3 N–H and O–H groups in total. The first-order valence-electron chi connectivity index (χ1n) is 8.91. The number of amides is 2. The highest BCUT2D eigenvalue weighted by atomic mass is 16.3. The van der Waals surface area contributed by atoms with Crippen molar-refractivity contribution < 1.29 is 9.90 Å². The number of aliphatic hydroxyl groups excluding tert-OH is 1. The van der Waals surface area contributed by atoms with Crippen molar-refractivity contribution in [2.24, 2.45) is 5.92 Å². The lowest BCUT2D eigenvalue weighted by Gasteiger charge is -2.25. The molecule has 1 aromatic carbocycles.